The van der Waals surface area contributed by atoms with Crippen molar-refractivity contribution in [3.63, 3.8) is 0 Å². The summed E-state index contributed by atoms with van der Waals surface area (Å²) in [6.07, 6.45) is 2.37. The molecule has 0 saturated carbocycles. The fourth-order valence-corrected chi connectivity index (χ4v) is 4.35. The van der Waals surface area contributed by atoms with E-state index in [-0.39, 0.29) is 11.0 Å². The number of rotatable bonds is 3. The number of carbonyl (C=O) groups excluding carboxylic acids is 1. The van der Waals surface area contributed by atoms with Gasteiger partial charge in [0.2, 0.25) is 0 Å². The van der Waals surface area contributed by atoms with Crippen LogP contribution in [0.3, 0.4) is 0 Å². The number of hydrogen-bond donors (Lipinski definition) is 2. The molecule has 0 spiro atoms. The van der Waals surface area contributed by atoms with Crippen molar-refractivity contribution in [2.24, 2.45) is 0 Å². The Hall–Kier alpha value is -2.34. The summed E-state index contributed by atoms with van der Waals surface area (Å²) in [5.41, 5.74) is 2.26. The van der Waals surface area contributed by atoms with Crippen molar-refractivity contribution in [1.82, 2.24) is 5.32 Å². The van der Waals surface area contributed by atoms with E-state index in [9.17, 15) is 4.79 Å². The third-order valence-electron chi connectivity index (χ3n) is 4.99. The van der Waals surface area contributed by atoms with Crippen LogP contribution in [0.15, 0.2) is 54.6 Å². The van der Waals surface area contributed by atoms with E-state index in [2.05, 4.69) is 15.5 Å². The topological polar surface area (TPSA) is 44.4 Å². The van der Waals surface area contributed by atoms with Crippen molar-refractivity contribution < 1.29 is 4.79 Å². The van der Waals surface area contributed by atoms with E-state index in [1.165, 1.54) is 12.8 Å². The summed E-state index contributed by atoms with van der Waals surface area (Å²) in [7, 11) is 0. The second-order valence-electron chi connectivity index (χ2n) is 6.91. The molecule has 2 N–H and O–H groups in total. The molecule has 4 nitrogen and oxygen atoms in total. The molecule has 0 aliphatic carbocycles. The number of carbonyl (C=O) groups is 1. The first-order chi connectivity index (χ1) is 14.0. The Kier molecular flexibility index (Phi) is 5.90. The quantitative estimate of drug-likeness (QED) is 0.496. The second-order valence-corrected chi connectivity index (χ2v) is 8.13. The highest BCUT2D eigenvalue weighted by Crippen LogP contribution is 2.31. The van der Waals surface area contributed by atoms with Crippen LogP contribution in [-0.4, -0.2) is 24.1 Å². The highest BCUT2D eigenvalue weighted by atomic mass is 35.5. The molecule has 0 bridgehead atoms. The molecule has 1 saturated heterocycles. The Balaban J connectivity index is 1.47. The summed E-state index contributed by atoms with van der Waals surface area (Å²) in [5, 5.41) is 8.83. The average Bonchev–Trinajstić information content (AvgIpc) is 3.22. The zero-order chi connectivity index (χ0) is 20.4. The van der Waals surface area contributed by atoms with Crippen LogP contribution in [0, 0.1) is 0 Å². The molecule has 3 aromatic carbocycles. The van der Waals surface area contributed by atoms with Gasteiger partial charge in [-0.2, -0.15) is 0 Å². The van der Waals surface area contributed by atoms with Crippen molar-refractivity contribution in [3.8, 4) is 0 Å². The fourth-order valence-electron chi connectivity index (χ4n) is 3.60. The minimum atomic E-state index is -0.296. The van der Waals surface area contributed by atoms with Crippen LogP contribution in [0.1, 0.15) is 23.2 Å². The van der Waals surface area contributed by atoms with E-state index >= 15 is 0 Å². The van der Waals surface area contributed by atoms with Gasteiger partial charge >= 0.3 is 0 Å². The van der Waals surface area contributed by atoms with Crippen molar-refractivity contribution >= 4 is 68.6 Å². The van der Waals surface area contributed by atoms with Gasteiger partial charge in [0.25, 0.3) is 5.91 Å². The molecule has 1 amide bonds. The predicted molar refractivity (Wildman–Crippen MR) is 126 cm³/mol. The lowest BCUT2D eigenvalue weighted by molar-refractivity contribution is 0.0979. The van der Waals surface area contributed by atoms with Crippen LogP contribution < -0.4 is 15.5 Å². The number of amides is 1. The summed E-state index contributed by atoms with van der Waals surface area (Å²) < 4.78 is 0. The molecule has 0 radical (unpaired) electrons. The first-order valence-corrected chi connectivity index (χ1v) is 10.5. The van der Waals surface area contributed by atoms with E-state index in [0.29, 0.717) is 15.6 Å². The lowest BCUT2D eigenvalue weighted by atomic mass is 10.0. The Morgan fingerprint density at radius 3 is 2.41 bits per heavy atom. The van der Waals surface area contributed by atoms with Crippen LogP contribution in [0.5, 0.6) is 0 Å². The van der Waals surface area contributed by atoms with Crippen molar-refractivity contribution in [1.29, 1.82) is 0 Å². The zero-order valence-corrected chi connectivity index (χ0v) is 17.9. The van der Waals surface area contributed by atoms with Crippen LogP contribution in [0.4, 0.5) is 11.4 Å². The maximum absolute atomic E-state index is 12.8. The Labute approximate surface area is 184 Å². The third kappa shape index (κ3) is 4.32. The maximum Gasteiger partial charge on any atom is 0.258 e. The van der Waals surface area contributed by atoms with Crippen LogP contribution in [-0.2, 0) is 0 Å². The molecule has 7 heteroatoms. The first kappa shape index (κ1) is 20.0. The SMILES string of the molecule is O=C(NC(=S)Nc1ccc(N2CCCC2)c(Cl)c1)c1cccc2c(Cl)cccc12. The van der Waals surface area contributed by atoms with Gasteiger partial charge in [-0.15, -0.1) is 0 Å². The Bertz CT molecular complexity index is 1100. The van der Waals surface area contributed by atoms with E-state index in [1.54, 1.807) is 18.2 Å². The number of benzene rings is 3. The van der Waals surface area contributed by atoms with E-state index < -0.39 is 0 Å². The van der Waals surface area contributed by atoms with Gasteiger partial charge in [-0.3, -0.25) is 10.1 Å². The molecule has 0 aromatic heterocycles. The number of anilines is 2. The number of hydrogen-bond acceptors (Lipinski definition) is 3. The Morgan fingerprint density at radius 2 is 1.66 bits per heavy atom. The zero-order valence-electron chi connectivity index (χ0n) is 15.5. The van der Waals surface area contributed by atoms with Gasteiger partial charge in [-0.1, -0.05) is 47.5 Å². The fraction of sp³-hybridized carbons (Fsp3) is 0.182. The highest BCUT2D eigenvalue weighted by molar-refractivity contribution is 7.80. The van der Waals surface area contributed by atoms with Crippen molar-refractivity contribution in [3.05, 3.63) is 70.2 Å². The van der Waals surface area contributed by atoms with Gasteiger partial charge in [0, 0.05) is 34.7 Å². The van der Waals surface area contributed by atoms with Crippen molar-refractivity contribution in [2.45, 2.75) is 12.8 Å². The molecular formula is C22H19Cl2N3OS. The number of fused-ring (bicyclic) bond motifs is 1. The third-order valence-corrected chi connectivity index (χ3v) is 5.83. The molecule has 4 rings (SSSR count). The summed E-state index contributed by atoms with van der Waals surface area (Å²) in [6, 6.07) is 16.6. The van der Waals surface area contributed by atoms with Crippen LogP contribution >= 0.6 is 35.4 Å². The molecule has 1 heterocycles. The average molecular weight is 444 g/mol. The summed E-state index contributed by atoms with van der Waals surface area (Å²) >= 11 is 18.0. The van der Waals surface area contributed by atoms with Gasteiger partial charge in [0.15, 0.2) is 5.11 Å². The van der Waals surface area contributed by atoms with E-state index in [1.807, 2.05) is 36.4 Å². The lowest BCUT2D eigenvalue weighted by Crippen LogP contribution is -2.34. The lowest BCUT2D eigenvalue weighted by Gasteiger charge is -2.20. The molecule has 0 atom stereocenters. The smallest absolute Gasteiger partial charge is 0.258 e. The van der Waals surface area contributed by atoms with Crippen LogP contribution in [0.25, 0.3) is 10.8 Å². The van der Waals surface area contributed by atoms with Gasteiger partial charge in [0.1, 0.15) is 0 Å². The van der Waals surface area contributed by atoms with Gasteiger partial charge in [0.05, 0.1) is 10.7 Å². The largest absolute Gasteiger partial charge is 0.370 e. The molecule has 29 heavy (non-hydrogen) atoms. The molecular weight excluding hydrogens is 425 g/mol. The van der Waals surface area contributed by atoms with Crippen LogP contribution in [0.2, 0.25) is 10.0 Å². The molecule has 3 aromatic rings. The van der Waals surface area contributed by atoms with Gasteiger partial charge < -0.3 is 10.2 Å². The number of nitrogens with one attached hydrogen (secondary N) is 2. The second kappa shape index (κ2) is 8.57. The monoisotopic (exact) mass is 443 g/mol. The number of thiocarbonyl (C=S) groups is 1. The minimum absolute atomic E-state index is 0.207. The van der Waals surface area contributed by atoms with Crippen molar-refractivity contribution in [2.75, 3.05) is 23.3 Å². The Morgan fingerprint density at radius 1 is 0.931 bits per heavy atom. The van der Waals surface area contributed by atoms with Gasteiger partial charge in [-0.25, -0.2) is 0 Å². The summed E-state index contributed by atoms with van der Waals surface area (Å²) in [5.74, 6) is -0.296. The summed E-state index contributed by atoms with van der Waals surface area (Å²) in [6.45, 7) is 2.05. The molecule has 1 aliphatic rings. The molecule has 1 aliphatic heterocycles. The van der Waals surface area contributed by atoms with E-state index in [0.717, 1.165) is 35.2 Å². The standard InChI is InChI=1S/C22H19Cl2N3OS/c23-18-8-4-5-15-16(18)6-3-7-17(15)21(28)26-22(29)25-14-9-10-20(19(24)13-14)27-11-1-2-12-27/h3-10,13H,1-2,11-12H2,(H2,25,26,28,29). The molecule has 148 valence electrons. The molecule has 0 unspecified atom stereocenters. The summed E-state index contributed by atoms with van der Waals surface area (Å²) in [4.78, 5) is 15.0. The maximum atomic E-state index is 12.8. The normalized spacial score (nSPS) is 13.5. The number of halogens is 2. The predicted octanol–water partition coefficient (Wildman–Crippen LogP) is 5.87. The highest BCUT2D eigenvalue weighted by Gasteiger charge is 2.16. The van der Waals surface area contributed by atoms with E-state index in [4.69, 9.17) is 35.4 Å². The number of nitrogens with zero attached hydrogens (tertiary/aromatic N) is 1. The van der Waals surface area contributed by atoms with Gasteiger partial charge in [-0.05, 0) is 60.8 Å². The minimum Gasteiger partial charge on any atom is -0.370 e. The first-order valence-electron chi connectivity index (χ1n) is 9.37. The molecule has 1 fully saturated rings.